The van der Waals surface area contributed by atoms with Crippen molar-refractivity contribution in [1.29, 1.82) is 0 Å². The highest BCUT2D eigenvalue weighted by Gasteiger charge is 2.15. The first-order valence-corrected chi connectivity index (χ1v) is 8.39. The number of guanidine groups is 1. The Kier molecular flexibility index (Phi) is 6.22. The summed E-state index contributed by atoms with van der Waals surface area (Å²) in [6.45, 7) is 6.23. The zero-order valence-electron chi connectivity index (χ0n) is 15.7. The minimum absolute atomic E-state index is 0.104. The zero-order chi connectivity index (χ0) is 19.2. The number of hydrogen-bond donors (Lipinski definition) is 3. The van der Waals surface area contributed by atoms with E-state index in [0.29, 0.717) is 18.1 Å². The molecule has 0 radical (unpaired) electrons. The Bertz CT molecular complexity index is 777. The first-order chi connectivity index (χ1) is 12.3. The van der Waals surface area contributed by atoms with Crippen molar-refractivity contribution in [2.24, 2.45) is 10.7 Å². The Morgan fingerprint density at radius 2 is 1.85 bits per heavy atom. The smallest absolute Gasteiger partial charge is 0.251 e. The van der Waals surface area contributed by atoms with Crippen molar-refractivity contribution in [3.8, 4) is 5.75 Å². The molecule has 0 saturated carbocycles. The fourth-order valence-corrected chi connectivity index (χ4v) is 2.26. The lowest BCUT2D eigenvalue weighted by molar-refractivity contribution is 0.0919. The van der Waals surface area contributed by atoms with E-state index in [2.05, 4.69) is 15.6 Å². The maximum atomic E-state index is 12.2. The van der Waals surface area contributed by atoms with E-state index < -0.39 is 0 Å². The molecular formula is C20H26N4O2. The normalized spacial score (nSPS) is 11.8. The van der Waals surface area contributed by atoms with E-state index in [1.165, 1.54) is 0 Å². The van der Waals surface area contributed by atoms with Crippen LogP contribution in [0.3, 0.4) is 0 Å². The van der Waals surface area contributed by atoms with Crippen molar-refractivity contribution in [2.75, 3.05) is 12.4 Å². The number of methoxy groups -OCH3 is 1. The Balaban J connectivity index is 2.00. The first-order valence-electron chi connectivity index (χ1n) is 8.39. The molecule has 0 saturated heterocycles. The Morgan fingerprint density at radius 1 is 1.15 bits per heavy atom. The summed E-state index contributed by atoms with van der Waals surface area (Å²) < 4.78 is 5.12. The number of nitrogens with two attached hydrogens (primary N) is 1. The van der Waals surface area contributed by atoms with Gasteiger partial charge < -0.3 is 21.1 Å². The van der Waals surface area contributed by atoms with E-state index in [0.717, 1.165) is 17.0 Å². The standard InChI is InChI=1S/C20H26N4O2/c1-20(2,3)24-18(25)15-7-5-6-14(12-15)13-22-19(21)23-16-8-10-17(26-4)11-9-16/h5-12H,13H2,1-4H3,(H,24,25)(H3,21,22,23). The molecule has 0 aliphatic rings. The molecule has 0 spiro atoms. The summed E-state index contributed by atoms with van der Waals surface area (Å²) in [5.41, 5.74) is 7.99. The van der Waals surface area contributed by atoms with Crippen LogP contribution in [0.1, 0.15) is 36.7 Å². The molecule has 6 heteroatoms. The van der Waals surface area contributed by atoms with Gasteiger partial charge in [-0.25, -0.2) is 4.99 Å². The third-order valence-corrected chi connectivity index (χ3v) is 3.47. The molecule has 1 amide bonds. The van der Waals surface area contributed by atoms with Crippen LogP contribution in [0.2, 0.25) is 0 Å². The highest BCUT2D eigenvalue weighted by molar-refractivity contribution is 5.95. The Labute approximate surface area is 154 Å². The van der Waals surface area contributed by atoms with Crippen LogP contribution in [0.25, 0.3) is 0 Å². The largest absolute Gasteiger partial charge is 0.497 e. The number of anilines is 1. The van der Waals surface area contributed by atoms with Crippen LogP contribution in [-0.4, -0.2) is 24.5 Å². The van der Waals surface area contributed by atoms with E-state index in [1.54, 1.807) is 13.2 Å². The van der Waals surface area contributed by atoms with Crippen molar-refractivity contribution in [3.05, 3.63) is 59.7 Å². The van der Waals surface area contributed by atoms with Crippen LogP contribution in [-0.2, 0) is 6.54 Å². The summed E-state index contributed by atoms with van der Waals surface area (Å²) in [5.74, 6) is 0.976. The summed E-state index contributed by atoms with van der Waals surface area (Å²) in [5, 5.41) is 5.97. The maximum absolute atomic E-state index is 12.2. The fraction of sp³-hybridized carbons (Fsp3) is 0.300. The summed E-state index contributed by atoms with van der Waals surface area (Å²) in [6, 6.07) is 14.8. The average Bonchev–Trinajstić information content (AvgIpc) is 2.59. The van der Waals surface area contributed by atoms with Crippen LogP contribution in [0.15, 0.2) is 53.5 Å². The van der Waals surface area contributed by atoms with Gasteiger partial charge in [-0.05, 0) is 62.7 Å². The summed E-state index contributed by atoms with van der Waals surface area (Å²) in [7, 11) is 1.62. The zero-order valence-corrected chi connectivity index (χ0v) is 15.7. The van der Waals surface area contributed by atoms with E-state index in [4.69, 9.17) is 10.5 Å². The minimum atomic E-state index is -0.280. The summed E-state index contributed by atoms with van der Waals surface area (Å²) in [6.07, 6.45) is 0. The second-order valence-corrected chi connectivity index (χ2v) is 6.96. The Morgan fingerprint density at radius 3 is 2.46 bits per heavy atom. The molecule has 0 unspecified atom stereocenters. The number of nitrogens with zero attached hydrogens (tertiary/aromatic N) is 1. The number of benzene rings is 2. The third-order valence-electron chi connectivity index (χ3n) is 3.47. The maximum Gasteiger partial charge on any atom is 0.251 e. The second-order valence-electron chi connectivity index (χ2n) is 6.96. The number of ether oxygens (including phenoxy) is 1. The molecule has 0 aromatic heterocycles. The highest BCUT2D eigenvalue weighted by atomic mass is 16.5. The fourth-order valence-electron chi connectivity index (χ4n) is 2.26. The SMILES string of the molecule is COc1ccc(NC(N)=NCc2cccc(C(=O)NC(C)(C)C)c2)cc1. The van der Waals surface area contributed by atoms with Crippen molar-refractivity contribution in [2.45, 2.75) is 32.9 Å². The van der Waals surface area contributed by atoms with Crippen LogP contribution in [0, 0.1) is 0 Å². The molecule has 2 rings (SSSR count). The van der Waals surface area contributed by atoms with Gasteiger partial charge in [-0.2, -0.15) is 0 Å². The van der Waals surface area contributed by atoms with Gasteiger partial charge in [0.1, 0.15) is 5.75 Å². The molecule has 2 aromatic carbocycles. The molecule has 0 bridgehead atoms. The molecule has 26 heavy (non-hydrogen) atoms. The van der Waals surface area contributed by atoms with E-state index in [9.17, 15) is 4.79 Å². The number of carbonyl (C=O) groups excluding carboxylic acids is 1. The lowest BCUT2D eigenvalue weighted by Crippen LogP contribution is -2.40. The van der Waals surface area contributed by atoms with E-state index in [-0.39, 0.29) is 11.4 Å². The lowest BCUT2D eigenvalue weighted by atomic mass is 10.1. The number of aliphatic imine (C=N–C) groups is 1. The average molecular weight is 354 g/mol. The van der Waals surface area contributed by atoms with Crippen LogP contribution in [0.5, 0.6) is 5.75 Å². The number of nitrogens with one attached hydrogen (secondary N) is 2. The highest BCUT2D eigenvalue weighted by Crippen LogP contribution is 2.15. The molecule has 138 valence electrons. The monoisotopic (exact) mass is 354 g/mol. The topological polar surface area (TPSA) is 88.7 Å². The third kappa shape index (κ3) is 6.12. The van der Waals surface area contributed by atoms with E-state index in [1.807, 2.05) is 63.2 Å². The van der Waals surface area contributed by atoms with Gasteiger partial charge in [0.05, 0.1) is 13.7 Å². The van der Waals surface area contributed by atoms with Gasteiger partial charge in [0.25, 0.3) is 5.91 Å². The predicted octanol–water partition coefficient (Wildman–Crippen LogP) is 3.15. The van der Waals surface area contributed by atoms with Gasteiger partial charge in [-0.15, -0.1) is 0 Å². The van der Waals surface area contributed by atoms with Gasteiger partial charge >= 0.3 is 0 Å². The quantitative estimate of drug-likeness (QED) is 0.568. The molecule has 0 atom stereocenters. The first kappa shape index (κ1) is 19.3. The molecule has 0 aliphatic heterocycles. The van der Waals surface area contributed by atoms with Crippen molar-refractivity contribution < 1.29 is 9.53 Å². The van der Waals surface area contributed by atoms with Gasteiger partial charge in [-0.3, -0.25) is 4.79 Å². The molecule has 6 nitrogen and oxygen atoms in total. The number of rotatable bonds is 5. The molecule has 0 aliphatic carbocycles. The molecule has 0 heterocycles. The second kappa shape index (κ2) is 8.38. The van der Waals surface area contributed by atoms with Crippen molar-refractivity contribution >= 4 is 17.6 Å². The Hall–Kier alpha value is -3.02. The molecule has 4 N–H and O–H groups in total. The van der Waals surface area contributed by atoms with Gasteiger partial charge in [-0.1, -0.05) is 12.1 Å². The summed E-state index contributed by atoms with van der Waals surface area (Å²) >= 11 is 0. The van der Waals surface area contributed by atoms with Gasteiger partial charge in [0, 0.05) is 16.8 Å². The lowest BCUT2D eigenvalue weighted by Gasteiger charge is -2.20. The molecule has 2 aromatic rings. The van der Waals surface area contributed by atoms with Crippen LogP contribution < -0.4 is 21.1 Å². The van der Waals surface area contributed by atoms with Crippen LogP contribution >= 0.6 is 0 Å². The van der Waals surface area contributed by atoms with Crippen molar-refractivity contribution in [3.63, 3.8) is 0 Å². The van der Waals surface area contributed by atoms with Crippen molar-refractivity contribution in [1.82, 2.24) is 5.32 Å². The van der Waals surface area contributed by atoms with Gasteiger partial charge in [0.15, 0.2) is 5.96 Å². The minimum Gasteiger partial charge on any atom is -0.497 e. The number of amides is 1. The van der Waals surface area contributed by atoms with Crippen LogP contribution in [0.4, 0.5) is 5.69 Å². The number of hydrogen-bond acceptors (Lipinski definition) is 3. The van der Waals surface area contributed by atoms with E-state index >= 15 is 0 Å². The molecular weight excluding hydrogens is 328 g/mol. The number of carbonyl (C=O) groups is 1. The predicted molar refractivity (Wildman–Crippen MR) is 106 cm³/mol. The summed E-state index contributed by atoms with van der Waals surface area (Å²) in [4.78, 5) is 16.6. The molecule has 0 fully saturated rings. The van der Waals surface area contributed by atoms with Gasteiger partial charge in [0.2, 0.25) is 0 Å².